The topological polar surface area (TPSA) is 18.5 Å². The number of hydrogen-bond acceptors (Lipinski definition) is 2. The molecule has 0 N–H and O–H groups in total. The Morgan fingerprint density at radius 2 is 1.52 bits per heavy atom. The van der Waals surface area contributed by atoms with Gasteiger partial charge in [-0.05, 0) is 36.8 Å². The van der Waals surface area contributed by atoms with Crippen molar-refractivity contribution in [3.63, 3.8) is 0 Å². The van der Waals surface area contributed by atoms with E-state index >= 15 is 0 Å². The summed E-state index contributed by atoms with van der Waals surface area (Å²) < 4.78 is 66.7. The molecule has 2 nitrogen and oxygen atoms in total. The molecule has 0 saturated heterocycles. The summed E-state index contributed by atoms with van der Waals surface area (Å²) in [5.41, 5.74) is 0.631. The lowest BCUT2D eigenvalue weighted by atomic mass is 10.0. The van der Waals surface area contributed by atoms with Crippen LogP contribution in [0, 0.1) is 23.3 Å². The zero-order valence-corrected chi connectivity index (χ0v) is 15.6. The maximum atomic E-state index is 14.3. The van der Waals surface area contributed by atoms with Crippen LogP contribution in [0.25, 0.3) is 17.2 Å². The third-order valence-corrected chi connectivity index (χ3v) is 4.32. The second kappa shape index (κ2) is 8.82. The van der Waals surface area contributed by atoms with Gasteiger partial charge < -0.3 is 9.47 Å². The first-order chi connectivity index (χ1) is 14.0. The molecule has 0 saturated carbocycles. The van der Waals surface area contributed by atoms with E-state index in [9.17, 15) is 17.6 Å². The number of halogens is 4. The summed E-state index contributed by atoms with van der Waals surface area (Å²) in [4.78, 5) is 0. The molecule has 0 aliphatic carbocycles. The highest BCUT2D eigenvalue weighted by Crippen LogP contribution is 2.31. The molecule has 0 aliphatic rings. The maximum Gasteiger partial charge on any atom is 0.201 e. The smallest absolute Gasteiger partial charge is 0.201 e. The van der Waals surface area contributed by atoms with E-state index in [2.05, 4.69) is 6.58 Å². The fourth-order valence-electron chi connectivity index (χ4n) is 2.79. The van der Waals surface area contributed by atoms with E-state index < -0.39 is 23.3 Å². The van der Waals surface area contributed by atoms with E-state index in [4.69, 9.17) is 9.47 Å². The van der Waals surface area contributed by atoms with Crippen molar-refractivity contribution in [2.45, 2.75) is 13.5 Å². The monoisotopic (exact) mass is 402 g/mol. The predicted octanol–water partition coefficient (Wildman–Crippen LogP) is 6.53. The molecular weight excluding hydrogens is 384 g/mol. The lowest BCUT2D eigenvalue weighted by molar-refractivity contribution is 0.297. The Bertz CT molecular complexity index is 1030. The molecule has 3 aromatic carbocycles. The summed E-state index contributed by atoms with van der Waals surface area (Å²) in [6.45, 7) is 5.13. The molecule has 0 aromatic heterocycles. The van der Waals surface area contributed by atoms with Gasteiger partial charge in [0, 0.05) is 16.7 Å². The fourth-order valence-corrected chi connectivity index (χ4v) is 2.79. The minimum atomic E-state index is -1.05. The second-order valence-electron chi connectivity index (χ2n) is 6.13. The average Bonchev–Trinajstić information content (AvgIpc) is 2.73. The van der Waals surface area contributed by atoms with E-state index in [1.54, 1.807) is 19.1 Å². The molecule has 29 heavy (non-hydrogen) atoms. The molecule has 0 unspecified atom stereocenters. The van der Waals surface area contributed by atoms with Crippen LogP contribution in [0.15, 0.2) is 55.1 Å². The quantitative estimate of drug-likeness (QED) is 0.418. The Morgan fingerprint density at radius 1 is 0.793 bits per heavy atom. The van der Waals surface area contributed by atoms with E-state index in [0.717, 1.165) is 0 Å². The van der Waals surface area contributed by atoms with Crippen LogP contribution >= 0.6 is 0 Å². The Hall–Kier alpha value is -3.28. The van der Waals surface area contributed by atoms with Gasteiger partial charge in [0.2, 0.25) is 5.82 Å². The Balaban J connectivity index is 1.75. The van der Waals surface area contributed by atoms with Gasteiger partial charge in [0.1, 0.15) is 12.4 Å². The van der Waals surface area contributed by atoms with Crippen molar-refractivity contribution in [3.8, 4) is 22.6 Å². The highest BCUT2D eigenvalue weighted by atomic mass is 19.2. The summed E-state index contributed by atoms with van der Waals surface area (Å²) in [6, 6.07) is 11.8. The van der Waals surface area contributed by atoms with Gasteiger partial charge in [-0.2, -0.15) is 4.39 Å². The normalized spacial score (nSPS) is 10.7. The van der Waals surface area contributed by atoms with Crippen LogP contribution in [0.4, 0.5) is 17.6 Å². The van der Waals surface area contributed by atoms with Crippen molar-refractivity contribution < 1.29 is 27.0 Å². The molecular formula is C23H18F4O2. The lowest BCUT2D eigenvalue weighted by Gasteiger charge is -2.11. The van der Waals surface area contributed by atoms with Crippen molar-refractivity contribution in [2.24, 2.45) is 0 Å². The van der Waals surface area contributed by atoms with Crippen LogP contribution in [-0.4, -0.2) is 6.61 Å². The summed E-state index contributed by atoms with van der Waals surface area (Å²) >= 11 is 0. The number of ether oxygens (including phenoxy) is 2. The number of rotatable bonds is 7. The van der Waals surface area contributed by atoms with Crippen LogP contribution < -0.4 is 9.47 Å². The molecule has 0 fully saturated rings. The van der Waals surface area contributed by atoms with Crippen molar-refractivity contribution in [1.29, 1.82) is 0 Å². The van der Waals surface area contributed by atoms with Gasteiger partial charge in [-0.25, -0.2) is 13.2 Å². The molecule has 0 aliphatic heterocycles. The van der Waals surface area contributed by atoms with Crippen molar-refractivity contribution in [3.05, 3.63) is 89.5 Å². The highest BCUT2D eigenvalue weighted by Gasteiger charge is 2.16. The Morgan fingerprint density at radius 3 is 2.17 bits per heavy atom. The first-order valence-corrected chi connectivity index (χ1v) is 8.89. The summed E-state index contributed by atoms with van der Waals surface area (Å²) in [6.07, 6.45) is 1.23. The minimum Gasteiger partial charge on any atom is -0.491 e. The van der Waals surface area contributed by atoms with Gasteiger partial charge in [-0.3, -0.25) is 0 Å². The fraction of sp³-hybridized carbons (Fsp3) is 0.130. The van der Waals surface area contributed by atoms with E-state index in [-0.39, 0.29) is 35.7 Å². The van der Waals surface area contributed by atoms with Crippen molar-refractivity contribution >= 4 is 6.08 Å². The zero-order chi connectivity index (χ0) is 21.0. The average molecular weight is 402 g/mol. The van der Waals surface area contributed by atoms with Crippen LogP contribution in [0.5, 0.6) is 11.5 Å². The summed E-state index contributed by atoms with van der Waals surface area (Å²) in [5.74, 6) is -3.82. The second-order valence-corrected chi connectivity index (χ2v) is 6.13. The number of hydrogen-bond donors (Lipinski definition) is 0. The first kappa shape index (κ1) is 20.5. The molecule has 0 radical (unpaired) electrons. The molecule has 6 heteroatoms. The van der Waals surface area contributed by atoms with Gasteiger partial charge in [-0.15, -0.1) is 0 Å². The van der Waals surface area contributed by atoms with Gasteiger partial charge in [0.05, 0.1) is 6.61 Å². The predicted molar refractivity (Wildman–Crippen MR) is 104 cm³/mol. The molecule has 0 amide bonds. The lowest BCUT2D eigenvalue weighted by Crippen LogP contribution is -2.02. The first-order valence-electron chi connectivity index (χ1n) is 8.89. The third-order valence-electron chi connectivity index (χ3n) is 4.32. The maximum absolute atomic E-state index is 14.3. The van der Waals surface area contributed by atoms with Gasteiger partial charge in [-0.1, -0.05) is 36.9 Å². The van der Waals surface area contributed by atoms with Crippen LogP contribution in [0.3, 0.4) is 0 Å². The largest absolute Gasteiger partial charge is 0.491 e. The van der Waals surface area contributed by atoms with E-state index in [1.807, 2.05) is 0 Å². The summed E-state index contributed by atoms with van der Waals surface area (Å²) in [5, 5.41) is 0. The standard InChI is InChI=1S/C23H18F4O2/c1-3-14-5-6-16(21(25)20(14)24)13-29-17-9-7-15(8-10-17)18-11-12-19(28-4-2)23(27)22(18)26/h3,5-12H,1,4,13H2,2H3. The minimum absolute atomic E-state index is 0.0526. The Labute approximate surface area is 166 Å². The Kier molecular flexibility index (Phi) is 6.22. The number of benzene rings is 3. The molecule has 3 aromatic rings. The summed E-state index contributed by atoms with van der Waals surface area (Å²) in [7, 11) is 0. The van der Waals surface area contributed by atoms with E-state index in [1.165, 1.54) is 42.5 Å². The molecule has 3 rings (SSSR count). The molecule has 150 valence electrons. The third kappa shape index (κ3) is 4.26. The zero-order valence-electron chi connectivity index (χ0n) is 15.6. The van der Waals surface area contributed by atoms with Crippen LogP contribution in [-0.2, 0) is 6.61 Å². The van der Waals surface area contributed by atoms with Crippen molar-refractivity contribution in [2.75, 3.05) is 6.61 Å². The van der Waals surface area contributed by atoms with E-state index in [0.29, 0.717) is 11.3 Å². The molecule has 0 spiro atoms. The molecule has 0 heterocycles. The van der Waals surface area contributed by atoms with Gasteiger partial charge in [0.15, 0.2) is 23.2 Å². The molecule has 0 bridgehead atoms. The SMILES string of the molecule is C=Cc1ccc(COc2ccc(-c3ccc(OCC)c(F)c3F)cc2)c(F)c1F. The van der Waals surface area contributed by atoms with Gasteiger partial charge in [0.25, 0.3) is 0 Å². The van der Waals surface area contributed by atoms with Crippen LogP contribution in [0.2, 0.25) is 0 Å². The van der Waals surface area contributed by atoms with Gasteiger partial charge >= 0.3 is 0 Å². The highest BCUT2D eigenvalue weighted by molar-refractivity contribution is 5.66. The van der Waals surface area contributed by atoms with Crippen molar-refractivity contribution in [1.82, 2.24) is 0 Å². The molecule has 0 atom stereocenters. The van der Waals surface area contributed by atoms with Crippen LogP contribution in [0.1, 0.15) is 18.1 Å².